The maximum Gasteiger partial charge on any atom is 0.254 e. The van der Waals surface area contributed by atoms with E-state index < -0.39 is 12.0 Å². The number of amides is 2. The van der Waals surface area contributed by atoms with Crippen LogP contribution in [0.25, 0.3) is 0 Å². The number of carbonyl (C=O) groups is 2. The van der Waals surface area contributed by atoms with Crippen LogP contribution in [0.5, 0.6) is 0 Å². The molecular formula is C19H22N2O3. The van der Waals surface area contributed by atoms with Crippen LogP contribution in [0.15, 0.2) is 54.6 Å². The highest BCUT2D eigenvalue weighted by Crippen LogP contribution is 2.22. The number of hydrogen-bond acceptors (Lipinski definition) is 3. The molecule has 0 heterocycles. The van der Waals surface area contributed by atoms with Crippen molar-refractivity contribution in [1.29, 1.82) is 0 Å². The average Bonchev–Trinajstić information content (AvgIpc) is 2.62. The Balaban J connectivity index is 2.20. The first kappa shape index (κ1) is 17.7. The molecule has 0 aliphatic rings. The summed E-state index contributed by atoms with van der Waals surface area (Å²) in [7, 11) is 0. The zero-order valence-corrected chi connectivity index (χ0v) is 13.8. The van der Waals surface area contributed by atoms with Crippen LogP contribution < -0.4 is 5.73 Å². The van der Waals surface area contributed by atoms with Crippen LogP contribution in [0.4, 0.5) is 0 Å². The molecular weight excluding hydrogens is 304 g/mol. The molecule has 0 spiro atoms. The monoisotopic (exact) mass is 326 g/mol. The number of hydrogen-bond donors (Lipinski definition) is 2. The van der Waals surface area contributed by atoms with Crippen molar-refractivity contribution >= 4 is 11.8 Å². The lowest BCUT2D eigenvalue weighted by atomic mass is 10.0. The minimum Gasteiger partial charge on any atom is -0.386 e. The molecule has 0 radical (unpaired) electrons. The van der Waals surface area contributed by atoms with E-state index in [9.17, 15) is 14.7 Å². The van der Waals surface area contributed by atoms with Crippen LogP contribution in [0.3, 0.4) is 0 Å². The van der Waals surface area contributed by atoms with Gasteiger partial charge in [0.2, 0.25) is 5.91 Å². The number of carbonyl (C=O) groups excluding carboxylic acids is 2. The number of nitrogens with zero attached hydrogens (tertiary/aromatic N) is 1. The van der Waals surface area contributed by atoms with Crippen LogP contribution >= 0.6 is 0 Å². The number of likely N-dealkylation sites (N-methyl/N-ethyl adjacent to an activating group) is 1. The molecule has 24 heavy (non-hydrogen) atoms. The average molecular weight is 326 g/mol. The summed E-state index contributed by atoms with van der Waals surface area (Å²) in [6.07, 6.45) is -0.778. The van der Waals surface area contributed by atoms with E-state index in [4.69, 9.17) is 5.73 Å². The van der Waals surface area contributed by atoms with E-state index in [1.54, 1.807) is 17.0 Å². The normalized spacial score (nSPS) is 13.1. The molecule has 0 saturated carbocycles. The van der Waals surface area contributed by atoms with Crippen LogP contribution in [0.1, 0.15) is 46.2 Å². The number of rotatable bonds is 6. The summed E-state index contributed by atoms with van der Waals surface area (Å²) >= 11 is 0. The summed E-state index contributed by atoms with van der Waals surface area (Å²) < 4.78 is 0. The molecule has 0 aliphatic carbocycles. The highest BCUT2D eigenvalue weighted by Gasteiger charge is 2.26. The predicted octanol–water partition coefficient (Wildman–Crippen LogP) is 2.37. The van der Waals surface area contributed by atoms with Gasteiger partial charge in [-0.25, -0.2) is 0 Å². The topological polar surface area (TPSA) is 83.6 Å². The van der Waals surface area contributed by atoms with Gasteiger partial charge in [-0.1, -0.05) is 30.3 Å². The third-order valence-electron chi connectivity index (χ3n) is 4.11. The molecule has 2 rings (SSSR count). The van der Waals surface area contributed by atoms with E-state index in [2.05, 4.69) is 0 Å². The second kappa shape index (κ2) is 7.75. The fourth-order valence-electron chi connectivity index (χ4n) is 2.66. The minimum atomic E-state index is -0.778. The number of nitrogens with two attached hydrogens (primary N) is 1. The van der Waals surface area contributed by atoms with E-state index in [1.165, 1.54) is 12.1 Å². The first-order valence-electron chi connectivity index (χ1n) is 7.89. The quantitative estimate of drug-likeness (QED) is 0.855. The summed E-state index contributed by atoms with van der Waals surface area (Å²) in [4.78, 5) is 25.5. The molecule has 2 atom stereocenters. The second-order valence-corrected chi connectivity index (χ2v) is 5.63. The van der Waals surface area contributed by atoms with E-state index >= 15 is 0 Å². The Morgan fingerprint density at radius 2 is 1.58 bits per heavy atom. The van der Waals surface area contributed by atoms with Crippen LogP contribution in [-0.4, -0.2) is 34.4 Å². The van der Waals surface area contributed by atoms with Gasteiger partial charge in [0.1, 0.15) is 0 Å². The highest BCUT2D eigenvalue weighted by atomic mass is 16.3. The molecule has 2 aromatic carbocycles. The Bertz CT molecular complexity index is 698. The Hall–Kier alpha value is -2.66. The molecule has 5 nitrogen and oxygen atoms in total. The van der Waals surface area contributed by atoms with Crippen molar-refractivity contribution in [3.63, 3.8) is 0 Å². The molecule has 0 saturated heterocycles. The van der Waals surface area contributed by atoms with E-state index in [-0.39, 0.29) is 11.9 Å². The SMILES string of the molecule is CCN(C(=O)c1ccc(C(N)=O)cc1)[C@H](C)[C@H](O)c1ccccc1. The van der Waals surface area contributed by atoms with Crippen molar-refractivity contribution in [2.75, 3.05) is 6.54 Å². The third kappa shape index (κ3) is 3.81. The van der Waals surface area contributed by atoms with Crippen LogP contribution in [0, 0.1) is 0 Å². The number of primary amides is 1. The smallest absolute Gasteiger partial charge is 0.254 e. The van der Waals surface area contributed by atoms with Gasteiger partial charge in [0.05, 0.1) is 12.1 Å². The Labute approximate surface area is 141 Å². The van der Waals surface area contributed by atoms with Gasteiger partial charge in [-0.3, -0.25) is 9.59 Å². The van der Waals surface area contributed by atoms with Gasteiger partial charge >= 0.3 is 0 Å². The van der Waals surface area contributed by atoms with Gasteiger partial charge in [-0.15, -0.1) is 0 Å². The maximum absolute atomic E-state index is 12.7. The summed E-state index contributed by atoms with van der Waals surface area (Å²) in [6, 6.07) is 15.1. The van der Waals surface area contributed by atoms with Crippen LogP contribution in [-0.2, 0) is 0 Å². The molecule has 0 bridgehead atoms. The molecule has 0 aliphatic heterocycles. The van der Waals surface area contributed by atoms with Gasteiger partial charge in [-0.05, 0) is 43.7 Å². The van der Waals surface area contributed by atoms with Crippen molar-refractivity contribution in [3.8, 4) is 0 Å². The number of aliphatic hydroxyl groups is 1. The minimum absolute atomic E-state index is 0.198. The maximum atomic E-state index is 12.7. The molecule has 0 fully saturated rings. The summed E-state index contributed by atoms with van der Waals surface area (Å²) in [6.45, 7) is 4.14. The Morgan fingerprint density at radius 1 is 1.04 bits per heavy atom. The fourth-order valence-corrected chi connectivity index (χ4v) is 2.66. The van der Waals surface area contributed by atoms with Gasteiger partial charge in [0.15, 0.2) is 0 Å². The molecule has 126 valence electrons. The second-order valence-electron chi connectivity index (χ2n) is 5.63. The molecule has 3 N–H and O–H groups in total. The van der Waals surface area contributed by atoms with E-state index in [0.29, 0.717) is 17.7 Å². The number of aliphatic hydroxyl groups excluding tert-OH is 1. The molecule has 5 heteroatoms. The van der Waals surface area contributed by atoms with E-state index in [0.717, 1.165) is 5.56 Å². The Kier molecular flexibility index (Phi) is 5.71. The first-order chi connectivity index (χ1) is 11.5. The van der Waals surface area contributed by atoms with Gasteiger partial charge < -0.3 is 15.7 Å². The standard InChI is InChI=1S/C19H22N2O3/c1-3-21(13(2)17(22)14-7-5-4-6-8-14)19(24)16-11-9-15(10-12-16)18(20)23/h4-13,17,22H,3H2,1-2H3,(H2,20,23)/t13-,17+/m1/s1. The van der Waals surface area contributed by atoms with Crippen molar-refractivity contribution in [2.45, 2.75) is 26.0 Å². The predicted molar refractivity (Wildman–Crippen MR) is 92.5 cm³/mol. The lowest BCUT2D eigenvalue weighted by Gasteiger charge is -2.32. The van der Waals surface area contributed by atoms with Crippen molar-refractivity contribution in [1.82, 2.24) is 4.90 Å². The van der Waals surface area contributed by atoms with Gasteiger partial charge in [0, 0.05) is 17.7 Å². The highest BCUT2D eigenvalue weighted by molar-refractivity contribution is 5.97. The Morgan fingerprint density at radius 3 is 2.08 bits per heavy atom. The lowest BCUT2D eigenvalue weighted by Crippen LogP contribution is -2.42. The van der Waals surface area contributed by atoms with Crippen LogP contribution in [0.2, 0.25) is 0 Å². The largest absolute Gasteiger partial charge is 0.386 e. The van der Waals surface area contributed by atoms with E-state index in [1.807, 2.05) is 44.2 Å². The molecule has 2 amide bonds. The fraction of sp³-hybridized carbons (Fsp3) is 0.263. The third-order valence-corrected chi connectivity index (χ3v) is 4.11. The van der Waals surface area contributed by atoms with Crippen molar-refractivity contribution in [2.24, 2.45) is 5.73 Å². The summed E-state index contributed by atoms with van der Waals surface area (Å²) in [5.41, 5.74) is 6.78. The lowest BCUT2D eigenvalue weighted by molar-refractivity contribution is 0.0419. The zero-order valence-electron chi connectivity index (χ0n) is 13.8. The van der Waals surface area contributed by atoms with Gasteiger partial charge in [0.25, 0.3) is 5.91 Å². The number of benzene rings is 2. The van der Waals surface area contributed by atoms with Crippen molar-refractivity contribution in [3.05, 3.63) is 71.3 Å². The first-order valence-corrected chi connectivity index (χ1v) is 7.89. The molecule has 0 unspecified atom stereocenters. The summed E-state index contributed by atoms with van der Waals surface area (Å²) in [5.74, 6) is -0.731. The molecule has 0 aromatic heterocycles. The zero-order chi connectivity index (χ0) is 17.7. The van der Waals surface area contributed by atoms with Gasteiger partial charge in [-0.2, -0.15) is 0 Å². The molecule has 2 aromatic rings. The van der Waals surface area contributed by atoms with Crippen molar-refractivity contribution < 1.29 is 14.7 Å². The summed E-state index contributed by atoms with van der Waals surface area (Å²) in [5, 5.41) is 10.5.